The van der Waals surface area contributed by atoms with Crippen LogP contribution in [0, 0.1) is 0 Å². The zero-order chi connectivity index (χ0) is 10.1. The average Bonchev–Trinajstić information content (AvgIpc) is 2.32. The molecule has 8 heteroatoms. The second kappa shape index (κ2) is 3.53. The minimum absolute atomic E-state index is 0.747. The predicted octanol–water partition coefficient (Wildman–Crippen LogP) is -1.77. The van der Waals surface area contributed by atoms with Crippen LogP contribution in [0.1, 0.15) is 0 Å². The van der Waals surface area contributed by atoms with Gasteiger partial charge in [0.25, 0.3) is 0 Å². The molecule has 70 valence electrons. The molecular formula is C5H8BN3O4. The Morgan fingerprint density at radius 1 is 1.62 bits per heavy atom. The van der Waals surface area contributed by atoms with Gasteiger partial charge in [0.1, 0.15) is 20.1 Å². The molecule has 1 aliphatic heterocycles. The van der Waals surface area contributed by atoms with E-state index in [1.165, 1.54) is 0 Å². The van der Waals surface area contributed by atoms with E-state index in [0.717, 1.165) is 0 Å². The molecule has 13 heavy (non-hydrogen) atoms. The van der Waals surface area contributed by atoms with Crippen LogP contribution in [-0.2, 0) is 4.74 Å². The molecule has 1 fully saturated rings. The van der Waals surface area contributed by atoms with Crippen LogP contribution < -0.4 is 0 Å². The zero-order valence-electron chi connectivity index (χ0n) is 6.61. The SMILES string of the molecule is [B][C@@H]1O[C@@](CO)(N=[N+]=[N-])[C@@H](O)C1O. The number of rotatable bonds is 2. The Bertz CT molecular complexity index is 246. The second-order valence-corrected chi connectivity index (χ2v) is 2.71. The van der Waals surface area contributed by atoms with Crippen LogP contribution in [0.15, 0.2) is 5.11 Å². The molecule has 4 atom stereocenters. The van der Waals surface area contributed by atoms with Crippen molar-refractivity contribution in [1.29, 1.82) is 0 Å². The number of hydrogen-bond acceptors (Lipinski definition) is 5. The first-order valence-corrected chi connectivity index (χ1v) is 3.54. The van der Waals surface area contributed by atoms with E-state index in [2.05, 4.69) is 10.0 Å². The topological polar surface area (TPSA) is 119 Å². The normalized spacial score (nSPS) is 44.4. The van der Waals surface area contributed by atoms with Gasteiger partial charge in [-0.2, -0.15) is 0 Å². The van der Waals surface area contributed by atoms with Gasteiger partial charge in [0.2, 0.25) is 0 Å². The highest BCUT2D eigenvalue weighted by Gasteiger charge is 2.51. The fraction of sp³-hybridized carbons (Fsp3) is 1.00. The Morgan fingerprint density at radius 2 is 2.23 bits per heavy atom. The highest BCUT2D eigenvalue weighted by Crippen LogP contribution is 2.31. The minimum atomic E-state index is -1.87. The van der Waals surface area contributed by atoms with E-state index in [-0.39, 0.29) is 0 Å². The van der Waals surface area contributed by atoms with Gasteiger partial charge in [0.15, 0.2) is 5.72 Å². The number of azide groups is 1. The molecule has 1 rings (SSSR count). The lowest BCUT2D eigenvalue weighted by Crippen LogP contribution is -2.44. The minimum Gasteiger partial charge on any atom is -0.393 e. The van der Waals surface area contributed by atoms with Crippen LogP contribution in [-0.4, -0.2) is 53.7 Å². The van der Waals surface area contributed by atoms with Crippen molar-refractivity contribution in [3.63, 3.8) is 0 Å². The molecule has 0 aromatic rings. The van der Waals surface area contributed by atoms with Gasteiger partial charge in [-0.05, 0) is 5.53 Å². The summed E-state index contributed by atoms with van der Waals surface area (Å²) < 4.78 is 4.77. The molecule has 0 aliphatic carbocycles. The molecule has 0 amide bonds. The number of aliphatic hydroxyl groups is 3. The molecule has 1 aliphatic rings. The van der Waals surface area contributed by atoms with Gasteiger partial charge in [0.05, 0.1) is 6.61 Å². The Labute approximate surface area is 75.0 Å². The largest absolute Gasteiger partial charge is 0.393 e. The summed E-state index contributed by atoms with van der Waals surface area (Å²) in [6.07, 6.45) is -2.90. The van der Waals surface area contributed by atoms with Crippen molar-refractivity contribution in [3.8, 4) is 0 Å². The van der Waals surface area contributed by atoms with Gasteiger partial charge >= 0.3 is 0 Å². The third-order valence-electron chi connectivity index (χ3n) is 1.90. The second-order valence-electron chi connectivity index (χ2n) is 2.71. The van der Waals surface area contributed by atoms with Crippen molar-refractivity contribution >= 4 is 7.85 Å². The van der Waals surface area contributed by atoms with Crippen molar-refractivity contribution in [2.45, 2.75) is 23.9 Å². The maximum atomic E-state index is 9.33. The quantitative estimate of drug-likeness (QED) is 0.204. The smallest absolute Gasteiger partial charge is 0.197 e. The summed E-state index contributed by atoms with van der Waals surface area (Å²) in [6, 6.07) is -1.17. The molecular weight excluding hydrogens is 177 g/mol. The molecule has 2 radical (unpaired) electrons. The molecule has 1 heterocycles. The number of nitrogens with zero attached hydrogens (tertiary/aromatic N) is 3. The fourth-order valence-electron chi connectivity index (χ4n) is 1.14. The number of hydrogen-bond donors (Lipinski definition) is 3. The summed E-state index contributed by atoms with van der Waals surface area (Å²) in [7, 11) is 5.22. The maximum absolute atomic E-state index is 9.33. The Balaban J connectivity index is 2.95. The van der Waals surface area contributed by atoms with E-state index in [0.29, 0.717) is 0 Å². The first kappa shape index (κ1) is 10.3. The lowest BCUT2D eigenvalue weighted by Gasteiger charge is -2.23. The molecule has 3 N–H and O–H groups in total. The monoisotopic (exact) mass is 185 g/mol. The van der Waals surface area contributed by atoms with Crippen LogP contribution in [0.25, 0.3) is 10.4 Å². The van der Waals surface area contributed by atoms with Crippen molar-refractivity contribution in [1.82, 2.24) is 0 Å². The Morgan fingerprint density at radius 3 is 2.54 bits per heavy atom. The van der Waals surface area contributed by atoms with Crippen LogP contribution in [0.2, 0.25) is 0 Å². The molecule has 0 spiro atoms. The van der Waals surface area contributed by atoms with E-state index >= 15 is 0 Å². The fourth-order valence-corrected chi connectivity index (χ4v) is 1.14. The zero-order valence-corrected chi connectivity index (χ0v) is 6.61. The van der Waals surface area contributed by atoms with E-state index < -0.39 is 30.5 Å². The molecule has 1 unspecified atom stereocenters. The summed E-state index contributed by atoms with van der Waals surface area (Å²) in [6.45, 7) is -0.747. The summed E-state index contributed by atoms with van der Waals surface area (Å²) >= 11 is 0. The van der Waals surface area contributed by atoms with Gasteiger partial charge in [-0.25, -0.2) is 0 Å². The van der Waals surface area contributed by atoms with Crippen molar-refractivity contribution in [2.24, 2.45) is 5.11 Å². The van der Waals surface area contributed by atoms with Crippen LogP contribution >= 0.6 is 0 Å². The summed E-state index contributed by atoms with van der Waals surface area (Å²) in [5, 5.41) is 30.4. The highest BCUT2D eigenvalue weighted by molar-refractivity contribution is 6.11. The van der Waals surface area contributed by atoms with Gasteiger partial charge in [-0.15, -0.1) is 0 Å². The highest BCUT2D eigenvalue weighted by atomic mass is 16.6. The summed E-state index contributed by atoms with van der Waals surface area (Å²) in [5.74, 6) is 0. The molecule has 0 saturated carbocycles. The Kier molecular flexibility index (Phi) is 2.79. The maximum Gasteiger partial charge on any atom is 0.197 e. The first-order valence-electron chi connectivity index (χ1n) is 3.54. The van der Waals surface area contributed by atoms with E-state index in [1.54, 1.807) is 0 Å². The van der Waals surface area contributed by atoms with Gasteiger partial charge < -0.3 is 20.1 Å². The third-order valence-corrected chi connectivity index (χ3v) is 1.90. The molecule has 0 bridgehead atoms. The summed E-state index contributed by atoms with van der Waals surface area (Å²) in [5.41, 5.74) is 6.28. The third kappa shape index (κ3) is 1.50. The molecule has 0 aromatic heterocycles. The average molecular weight is 185 g/mol. The van der Waals surface area contributed by atoms with Crippen LogP contribution in [0.3, 0.4) is 0 Å². The predicted molar refractivity (Wildman–Crippen MR) is 41.6 cm³/mol. The van der Waals surface area contributed by atoms with Gasteiger partial charge in [-0.3, -0.25) is 0 Å². The standard InChI is InChI=1S/C5H8BN3O4/c6-4-2(11)3(12)5(1-10,13-4)8-9-7/h2-4,10-12H,1H2/t2?,3-,4+,5+/m0/s1. The molecule has 0 aromatic carbocycles. The lowest BCUT2D eigenvalue weighted by atomic mass is 9.92. The van der Waals surface area contributed by atoms with Gasteiger partial charge in [0, 0.05) is 10.9 Å². The van der Waals surface area contributed by atoms with Crippen molar-refractivity contribution in [3.05, 3.63) is 10.4 Å². The van der Waals surface area contributed by atoms with Crippen LogP contribution in [0.4, 0.5) is 0 Å². The van der Waals surface area contributed by atoms with E-state index in [9.17, 15) is 5.11 Å². The number of aliphatic hydroxyl groups excluding tert-OH is 3. The molecule has 1 saturated heterocycles. The van der Waals surface area contributed by atoms with E-state index in [4.69, 9.17) is 28.3 Å². The first-order chi connectivity index (χ1) is 6.07. The lowest BCUT2D eigenvalue weighted by molar-refractivity contribution is -0.0947. The number of ether oxygens (including phenoxy) is 1. The van der Waals surface area contributed by atoms with Crippen LogP contribution in [0.5, 0.6) is 0 Å². The van der Waals surface area contributed by atoms with Crippen molar-refractivity contribution in [2.75, 3.05) is 6.61 Å². The summed E-state index contributed by atoms with van der Waals surface area (Å²) in [4.78, 5) is 2.39. The molecule has 7 nitrogen and oxygen atoms in total. The van der Waals surface area contributed by atoms with Gasteiger partial charge in [-0.1, -0.05) is 5.11 Å². The van der Waals surface area contributed by atoms with E-state index in [1.807, 2.05) is 0 Å². The Hall–Kier alpha value is -0.785. The van der Waals surface area contributed by atoms with Crippen molar-refractivity contribution < 1.29 is 20.1 Å².